The van der Waals surface area contributed by atoms with Gasteiger partial charge in [-0.15, -0.1) is 0 Å². The molecule has 78 heavy (non-hydrogen) atoms. The Labute approximate surface area is 442 Å². The molecular weight excluding hydrogens is 1040 g/mol. The zero-order chi connectivity index (χ0) is 55.4. The lowest BCUT2D eigenvalue weighted by molar-refractivity contribution is -0.351. The van der Waals surface area contributed by atoms with E-state index in [1.807, 2.05) is 0 Å². The summed E-state index contributed by atoms with van der Waals surface area (Å²) in [6, 6.07) is 25.2. The number of carbonyl (C=O) groups is 4. The van der Waals surface area contributed by atoms with Crippen molar-refractivity contribution in [2.24, 2.45) is 0 Å². The van der Waals surface area contributed by atoms with Gasteiger partial charge in [0.25, 0.3) is 0 Å². The molecule has 0 radical (unpaired) electrons. The van der Waals surface area contributed by atoms with Crippen LogP contribution in [0.3, 0.4) is 0 Å². The molecule has 8 heterocycles. The van der Waals surface area contributed by atoms with Crippen molar-refractivity contribution in [3.63, 3.8) is 0 Å². The smallest absolute Gasteiger partial charge is 0.338 e. The molecule has 4 fully saturated rings. The molecule has 20 atom stereocenters. The predicted molar refractivity (Wildman–Crippen MR) is 253 cm³/mol. The minimum atomic E-state index is -1.99. The summed E-state index contributed by atoms with van der Waals surface area (Å²) in [5.74, 6) is -4.10. The molecule has 4 aromatic carbocycles. The average molecular weight is 1100 g/mol. The number of carbonyl (C=O) groups excluding carboxylic acids is 4. The summed E-state index contributed by atoms with van der Waals surface area (Å²) < 4.78 is 70.8. The summed E-state index contributed by atoms with van der Waals surface area (Å²) in [6.45, 7) is -3.22. The molecule has 0 saturated carbocycles. The molecule has 26 nitrogen and oxygen atoms in total. The molecule has 0 unspecified atom stereocenters. The van der Waals surface area contributed by atoms with E-state index in [9.17, 15) is 70.2 Å². The third-order valence-corrected chi connectivity index (χ3v) is 13.5. The highest BCUT2D eigenvalue weighted by molar-refractivity contribution is 5.91. The van der Waals surface area contributed by atoms with Gasteiger partial charge in [-0.2, -0.15) is 0 Å². The van der Waals surface area contributed by atoms with Gasteiger partial charge in [0, 0.05) is 0 Å². The fraction of sp³-hybridized carbons (Fsp3) is 0.462. The van der Waals surface area contributed by atoms with E-state index < -0.39 is 173 Å². The number of rotatable bonds is 10. The van der Waals surface area contributed by atoms with Crippen LogP contribution in [0.25, 0.3) is 0 Å². The van der Waals surface area contributed by atoms with Gasteiger partial charge in [0.05, 0.1) is 35.5 Å². The molecule has 0 spiro atoms. The summed E-state index contributed by atoms with van der Waals surface area (Å²) in [5.41, 5.74) is -0.174. The lowest BCUT2D eigenvalue weighted by Crippen LogP contribution is -2.65. The van der Waals surface area contributed by atoms with Gasteiger partial charge in [0.1, 0.15) is 110 Å². The summed E-state index contributed by atoms with van der Waals surface area (Å²) in [5, 5.41) is 108. The van der Waals surface area contributed by atoms with Gasteiger partial charge in [0.15, 0.2) is 24.8 Å². The van der Waals surface area contributed by atoms with Gasteiger partial charge >= 0.3 is 23.9 Å². The van der Waals surface area contributed by atoms with Gasteiger partial charge in [-0.05, 0) is 72.8 Å². The van der Waals surface area contributed by atoms with Crippen LogP contribution in [0, 0.1) is 0 Å². The molecule has 0 amide bonds. The number of hydrogen-bond donors (Lipinski definition) is 10. The number of hydrogen-bond acceptors (Lipinski definition) is 26. The predicted octanol–water partition coefficient (Wildman–Crippen LogP) is -2.54. The lowest BCUT2D eigenvalue weighted by atomic mass is 9.96. The maximum Gasteiger partial charge on any atom is 0.338 e. The monoisotopic (exact) mass is 1100 g/mol. The van der Waals surface area contributed by atoms with E-state index in [1.54, 1.807) is 36.4 Å². The molecule has 0 aliphatic carbocycles. The number of ether oxygens (including phenoxy) is 12. The van der Waals surface area contributed by atoms with Crippen LogP contribution < -0.4 is 9.47 Å². The molecule has 8 bridgehead atoms. The molecule has 420 valence electrons. The van der Waals surface area contributed by atoms with E-state index in [0.717, 1.165) is 0 Å². The fourth-order valence-electron chi connectivity index (χ4n) is 9.13. The Kier molecular flexibility index (Phi) is 17.9. The van der Waals surface area contributed by atoms with Crippen LogP contribution >= 0.6 is 0 Å². The first-order chi connectivity index (χ1) is 37.5. The molecule has 26 heteroatoms. The maximum absolute atomic E-state index is 13.8. The fourth-order valence-corrected chi connectivity index (χ4v) is 9.13. The van der Waals surface area contributed by atoms with Crippen LogP contribution in [0.4, 0.5) is 0 Å². The quantitative estimate of drug-likeness (QED) is 0.0578. The van der Waals surface area contributed by atoms with E-state index in [4.69, 9.17) is 56.8 Å². The Morgan fingerprint density at radius 2 is 0.795 bits per heavy atom. The maximum atomic E-state index is 13.8. The zero-order valence-corrected chi connectivity index (χ0v) is 40.8. The Morgan fingerprint density at radius 1 is 0.436 bits per heavy atom. The first-order valence-electron chi connectivity index (χ1n) is 24.5. The third kappa shape index (κ3) is 12.3. The van der Waals surface area contributed by atoms with E-state index in [2.05, 4.69) is 0 Å². The van der Waals surface area contributed by atoms with Gasteiger partial charge in [-0.3, -0.25) is 0 Å². The minimum absolute atomic E-state index is 0.0339. The van der Waals surface area contributed by atoms with E-state index >= 15 is 0 Å². The first-order valence-corrected chi connectivity index (χ1v) is 24.5. The SMILES string of the molecule is O=C1OC[C@H]2O[C@@H](Oc3ccc(cc3)C(=O)OC[C@H]3O[C@@H](Oc4ccc1cc4)[C@H](OC(=O)c1ccccc1)[C@@H](O)[C@@H]3O[C@@H]1O[C@H](CO)[C@@H](O)[C@H](O)[C@H]1O)[C@H](OC(=O)c1ccccc1)[C@@H](O)[C@@H]2O[C@@H]1O[C@H](CO)[C@@H](O)[C@H](O)[C@H]1O. The lowest BCUT2D eigenvalue weighted by Gasteiger charge is -2.46. The number of aliphatic hydroxyl groups excluding tert-OH is 10. The Morgan fingerprint density at radius 3 is 1.14 bits per heavy atom. The average Bonchev–Trinajstić information content (AvgIpc) is 3.56. The second-order valence-electron chi connectivity index (χ2n) is 18.6. The second kappa shape index (κ2) is 24.8. The molecule has 8 aliphatic rings. The normalized spacial score (nSPS) is 36.3. The number of aliphatic hydroxyl groups is 10. The van der Waals surface area contributed by atoms with Crippen molar-refractivity contribution in [1.29, 1.82) is 0 Å². The molecule has 0 aromatic heterocycles. The summed E-state index contributed by atoms with van der Waals surface area (Å²) >= 11 is 0. The van der Waals surface area contributed by atoms with Gasteiger partial charge in [-0.1, -0.05) is 36.4 Å². The van der Waals surface area contributed by atoms with Crippen molar-refractivity contribution in [3.8, 4) is 11.5 Å². The van der Waals surface area contributed by atoms with Crippen LogP contribution in [0.15, 0.2) is 109 Å². The highest BCUT2D eigenvalue weighted by Crippen LogP contribution is 2.35. The van der Waals surface area contributed by atoms with Crippen LogP contribution in [-0.2, 0) is 47.4 Å². The molecule has 8 aliphatic heterocycles. The Hall–Kier alpha value is -6.28. The van der Waals surface area contributed by atoms with Crippen LogP contribution in [0.2, 0.25) is 0 Å². The van der Waals surface area contributed by atoms with Crippen molar-refractivity contribution in [2.75, 3.05) is 26.4 Å². The molecule has 4 aromatic rings. The number of benzene rings is 4. The zero-order valence-electron chi connectivity index (χ0n) is 40.8. The summed E-state index contributed by atoms with van der Waals surface area (Å²) in [4.78, 5) is 54.8. The molecule has 4 saturated heterocycles. The van der Waals surface area contributed by atoms with Crippen molar-refractivity contribution in [3.05, 3.63) is 131 Å². The van der Waals surface area contributed by atoms with E-state index in [-0.39, 0.29) is 33.8 Å². The first kappa shape index (κ1) is 56.4. The van der Waals surface area contributed by atoms with Crippen LogP contribution in [0.5, 0.6) is 11.5 Å². The van der Waals surface area contributed by atoms with E-state index in [1.165, 1.54) is 72.8 Å². The molecular formula is C52H56O26. The molecule has 12 rings (SSSR count). The van der Waals surface area contributed by atoms with Crippen LogP contribution in [-0.4, -0.2) is 224 Å². The topological polar surface area (TPSA) is 381 Å². The van der Waals surface area contributed by atoms with Crippen molar-refractivity contribution >= 4 is 23.9 Å². The van der Waals surface area contributed by atoms with Gasteiger partial charge in [0.2, 0.25) is 12.6 Å². The highest BCUT2D eigenvalue weighted by Gasteiger charge is 2.55. The van der Waals surface area contributed by atoms with Gasteiger partial charge in [-0.25, -0.2) is 19.2 Å². The van der Waals surface area contributed by atoms with Crippen molar-refractivity contribution in [2.45, 2.75) is 123 Å². The minimum Gasteiger partial charge on any atom is -0.461 e. The van der Waals surface area contributed by atoms with Gasteiger partial charge < -0.3 is 108 Å². The highest BCUT2D eigenvalue weighted by atomic mass is 16.8. The Balaban J connectivity index is 1.05. The standard InChI is InChI=1S/C52H56O26/c53-19-29-33(55)35(57)37(59)49(71-29)77-41-31-21-67-45(63)26-13-17-28(18-14-26)70-52-44(76-48(66)24-9-5-2-6-10-24)40(62)42(78-50-38(60)36(58)34(56)30(20-54)72-50)32(74-52)22-68-46(64)25-11-15-27(16-12-25)69-51(73-31)43(39(41)61)75-47(65)23-7-3-1-4-8-23/h1-18,29-44,49-62H,19-22H2/t29-,30-,31-,32-,33-,34-,35+,36+,37-,38-,39+,40+,41-,42-,43-,44-,49+,50+,51-,52-/m1/s1. The molecule has 10 N–H and O–H groups in total. The number of esters is 4. The summed E-state index contributed by atoms with van der Waals surface area (Å²) in [6.07, 6.45) is -36.0. The second-order valence-corrected chi connectivity index (χ2v) is 18.6. The largest absolute Gasteiger partial charge is 0.461 e. The van der Waals surface area contributed by atoms with Crippen molar-refractivity contribution < 1.29 is 127 Å². The van der Waals surface area contributed by atoms with E-state index in [0.29, 0.717) is 0 Å². The summed E-state index contributed by atoms with van der Waals surface area (Å²) in [7, 11) is 0. The van der Waals surface area contributed by atoms with Crippen molar-refractivity contribution in [1.82, 2.24) is 0 Å². The van der Waals surface area contributed by atoms with Crippen LogP contribution in [0.1, 0.15) is 41.4 Å². The third-order valence-electron chi connectivity index (χ3n) is 13.5. The Bertz CT molecular complexity index is 2460.